The minimum absolute atomic E-state index is 0.00821. The molecule has 1 aliphatic rings. The van der Waals surface area contributed by atoms with Gasteiger partial charge < -0.3 is 9.64 Å². The molecule has 1 aliphatic heterocycles. The lowest BCUT2D eigenvalue weighted by molar-refractivity contribution is -0.385. The zero-order valence-corrected chi connectivity index (χ0v) is 15.8. The third-order valence-corrected chi connectivity index (χ3v) is 5.79. The smallest absolute Gasteiger partial charge is 0.311 e. The number of piperidine rings is 1. The molecule has 7 nitrogen and oxygen atoms in total. The number of ether oxygens (including phenoxy) is 1. The molecule has 1 aromatic rings. The van der Waals surface area contributed by atoms with Crippen LogP contribution >= 0.6 is 0 Å². The van der Waals surface area contributed by atoms with E-state index in [1.54, 1.807) is 12.1 Å². The second-order valence-electron chi connectivity index (χ2n) is 6.61. The first-order valence-corrected chi connectivity index (χ1v) is 10.6. The van der Waals surface area contributed by atoms with Crippen LogP contribution in [0, 0.1) is 16.0 Å². The minimum atomic E-state index is -2.92. The molecule has 0 bridgehead atoms. The van der Waals surface area contributed by atoms with Crippen LogP contribution < -0.4 is 9.64 Å². The van der Waals surface area contributed by atoms with Gasteiger partial charge in [-0.2, -0.15) is 0 Å². The molecule has 8 heteroatoms. The molecule has 0 atom stereocenters. The molecule has 0 unspecified atom stereocenters. The summed E-state index contributed by atoms with van der Waals surface area (Å²) in [6.07, 6.45) is 4.54. The van der Waals surface area contributed by atoms with Gasteiger partial charge in [-0.05, 0) is 37.2 Å². The summed E-state index contributed by atoms with van der Waals surface area (Å²) in [5, 5.41) is 11.2. The molecular weight excluding hydrogens is 344 g/mol. The van der Waals surface area contributed by atoms with Crippen LogP contribution in [0.5, 0.6) is 5.75 Å². The fourth-order valence-corrected chi connectivity index (χ4v) is 4.09. The SMILES string of the molecule is CCc1cc([N+](=O)[O-])c(OC)cc1N1CCC(CCS(C)(=O)=O)CC1. The van der Waals surface area contributed by atoms with Gasteiger partial charge in [0.05, 0.1) is 17.8 Å². The molecule has 0 amide bonds. The Morgan fingerprint density at radius 2 is 1.96 bits per heavy atom. The second kappa shape index (κ2) is 8.03. The Kier molecular flexibility index (Phi) is 6.26. The topological polar surface area (TPSA) is 89.8 Å². The van der Waals surface area contributed by atoms with Crippen molar-refractivity contribution in [3.8, 4) is 5.75 Å². The van der Waals surface area contributed by atoms with Crippen molar-refractivity contribution in [3.63, 3.8) is 0 Å². The van der Waals surface area contributed by atoms with Crippen molar-refractivity contribution in [2.75, 3.05) is 37.1 Å². The van der Waals surface area contributed by atoms with Gasteiger partial charge in [-0.15, -0.1) is 0 Å². The van der Waals surface area contributed by atoms with Crippen molar-refractivity contribution < 1.29 is 18.1 Å². The standard InChI is InChI=1S/C17H26N2O5S/c1-4-14-11-16(19(20)21)17(24-2)12-15(14)18-8-5-13(6-9-18)7-10-25(3,22)23/h11-13H,4-10H2,1-3H3. The molecule has 0 N–H and O–H groups in total. The Labute approximate surface area is 149 Å². The summed E-state index contributed by atoms with van der Waals surface area (Å²) in [6.45, 7) is 3.62. The number of methoxy groups -OCH3 is 1. The maximum Gasteiger partial charge on any atom is 0.311 e. The van der Waals surface area contributed by atoms with Crippen LogP contribution in [0.25, 0.3) is 0 Å². The Hall–Kier alpha value is -1.83. The largest absolute Gasteiger partial charge is 0.490 e. The van der Waals surface area contributed by atoms with Gasteiger partial charge in [-0.3, -0.25) is 10.1 Å². The highest BCUT2D eigenvalue weighted by Gasteiger charge is 2.25. The van der Waals surface area contributed by atoms with Gasteiger partial charge in [0.1, 0.15) is 9.84 Å². The van der Waals surface area contributed by atoms with Crippen molar-refractivity contribution in [1.82, 2.24) is 0 Å². The lowest BCUT2D eigenvalue weighted by Gasteiger charge is -2.35. The molecule has 140 valence electrons. The van der Waals surface area contributed by atoms with Crippen LogP contribution in [0.3, 0.4) is 0 Å². The molecule has 0 aromatic heterocycles. The van der Waals surface area contributed by atoms with Gasteiger partial charge >= 0.3 is 5.69 Å². The predicted molar refractivity (Wildman–Crippen MR) is 98.3 cm³/mol. The van der Waals surface area contributed by atoms with Gasteiger partial charge in [0.2, 0.25) is 0 Å². The van der Waals surface area contributed by atoms with Crippen molar-refractivity contribution in [2.45, 2.75) is 32.6 Å². The summed E-state index contributed by atoms with van der Waals surface area (Å²) in [7, 11) is -1.48. The van der Waals surface area contributed by atoms with E-state index in [4.69, 9.17) is 4.74 Å². The monoisotopic (exact) mass is 370 g/mol. The number of anilines is 1. The Balaban J connectivity index is 2.13. The van der Waals surface area contributed by atoms with Crippen LogP contribution in [0.2, 0.25) is 0 Å². The summed E-state index contributed by atoms with van der Waals surface area (Å²) in [6, 6.07) is 3.36. The number of nitro benzene ring substituents is 1. The number of nitro groups is 1. The predicted octanol–water partition coefficient (Wildman–Crippen LogP) is 2.82. The van der Waals surface area contributed by atoms with Crippen molar-refractivity contribution >= 4 is 21.2 Å². The molecule has 0 radical (unpaired) electrons. The summed E-state index contributed by atoms with van der Waals surface area (Å²) < 4.78 is 27.8. The van der Waals surface area contributed by atoms with E-state index in [0.717, 1.165) is 37.2 Å². The van der Waals surface area contributed by atoms with E-state index in [1.807, 2.05) is 6.92 Å². The van der Waals surface area contributed by atoms with Crippen LogP contribution in [0.1, 0.15) is 31.7 Å². The number of nitrogens with zero attached hydrogens (tertiary/aromatic N) is 2. The number of hydrogen-bond donors (Lipinski definition) is 0. The van der Waals surface area contributed by atoms with E-state index >= 15 is 0 Å². The van der Waals surface area contributed by atoms with E-state index in [1.165, 1.54) is 13.4 Å². The summed E-state index contributed by atoms with van der Waals surface area (Å²) >= 11 is 0. The van der Waals surface area contributed by atoms with E-state index < -0.39 is 14.8 Å². The van der Waals surface area contributed by atoms with E-state index in [2.05, 4.69) is 4.90 Å². The van der Waals surface area contributed by atoms with E-state index in [9.17, 15) is 18.5 Å². The molecule has 0 saturated carbocycles. The molecule has 1 aromatic carbocycles. The lowest BCUT2D eigenvalue weighted by Crippen LogP contribution is -2.34. The van der Waals surface area contributed by atoms with Crippen molar-refractivity contribution in [2.24, 2.45) is 5.92 Å². The molecule has 1 saturated heterocycles. The highest BCUT2D eigenvalue weighted by Crippen LogP contribution is 2.37. The van der Waals surface area contributed by atoms with Crippen LogP contribution in [-0.4, -0.2) is 45.5 Å². The fourth-order valence-electron chi connectivity index (χ4n) is 3.33. The third-order valence-electron chi connectivity index (χ3n) is 4.81. The third kappa shape index (κ3) is 5.07. The lowest BCUT2D eigenvalue weighted by atomic mass is 9.93. The second-order valence-corrected chi connectivity index (χ2v) is 8.87. The summed E-state index contributed by atoms with van der Waals surface area (Å²) in [5.74, 6) is 0.927. The molecule has 25 heavy (non-hydrogen) atoms. The van der Waals surface area contributed by atoms with Crippen LogP contribution in [0.4, 0.5) is 11.4 Å². The number of hydrogen-bond acceptors (Lipinski definition) is 6. The van der Waals surface area contributed by atoms with Gasteiger partial charge in [0, 0.05) is 37.2 Å². The fraction of sp³-hybridized carbons (Fsp3) is 0.647. The van der Waals surface area contributed by atoms with Gasteiger partial charge in [-0.1, -0.05) is 6.92 Å². The molecule has 2 rings (SSSR count). The summed E-state index contributed by atoms with van der Waals surface area (Å²) in [4.78, 5) is 13.0. The Morgan fingerprint density at radius 1 is 1.32 bits per heavy atom. The highest BCUT2D eigenvalue weighted by molar-refractivity contribution is 7.90. The van der Waals surface area contributed by atoms with Gasteiger partial charge in [0.25, 0.3) is 0 Å². The molecule has 1 heterocycles. The van der Waals surface area contributed by atoms with Crippen LogP contribution in [-0.2, 0) is 16.3 Å². The number of aryl methyl sites for hydroxylation is 1. The van der Waals surface area contributed by atoms with E-state index in [-0.39, 0.29) is 17.2 Å². The first-order valence-electron chi connectivity index (χ1n) is 8.53. The normalized spacial score (nSPS) is 16.0. The average Bonchev–Trinajstić information content (AvgIpc) is 2.58. The molecular formula is C17H26N2O5S. The Morgan fingerprint density at radius 3 is 2.44 bits per heavy atom. The first kappa shape index (κ1) is 19.5. The average molecular weight is 370 g/mol. The van der Waals surface area contributed by atoms with Gasteiger partial charge in [-0.25, -0.2) is 8.42 Å². The number of rotatable bonds is 7. The van der Waals surface area contributed by atoms with Crippen LogP contribution in [0.15, 0.2) is 12.1 Å². The van der Waals surface area contributed by atoms with Crippen molar-refractivity contribution in [3.05, 3.63) is 27.8 Å². The number of sulfone groups is 1. The van der Waals surface area contributed by atoms with Crippen molar-refractivity contribution in [1.29, 1.82) is 0 Å². The zero-order chi connectivity index (χ0) is 18.6. The first-order chi connectivity index (χ1) is 11.7. The number of benzene rings is 1. The highest BCUT2D eigenvalue weighted by atomic mass is 32.2. The molecule has 0 aliphatic carbocycles. The summed E-state index contributed by atoms with van der Waals surface area (Å²) in [5.41, 5.74) is 1.90. The minimum Gasteiger partial charge on any atom is -0.490 e. The van der Waals surface area contributed by atoms with E-state index in [0.29, 0.717) is 18.8 Å². The van der Waals surface area contributed by atoms with Gasteiger partial charge in [0.15, 0.2) is 5.75 Å². The maximum atomic E-state index is 11.3. The molecule has 1 fully saturated rings. The Bertz CT molecular complexity index is 725. The quantitative estimate of drug-likeness (QED) is 0.541. The molecule has 0 spiro atoms. The maximum absolute atomic E-state index is 11.3. The zero-order valence-electron chi connectivity index (χ0n) is 15.0.